The third kappa shape index (κ3) is 6.30. The van der Waals surface area contributed by atoms with Crippen LogP contribution < -0.4 is 4.90 Å². The van der Waals surface area contributed by atoms with Crippen LogP contribution in [0.4, 0.5) is 5.82 Å². The average molecular weight is 614 g/mol. The van der Waals surface area contributed by atoms with Gasteiger partial charge in [0.1, 0.15) is 5.82 Å². The Morgan fingerprint density at radius 1 is 1.05 bits per heavy atom. The number of carbonyl (C=O) groups is 1. The lowest BCUT2D eigenvalue weighted by atomic mass is 9.64. The van der Waals surface area contributed by atoms with E-state index in [9.17, 15) is 15.0 Å². The number of carbonyl (C=O) groups excluding carboxylic acids is 1. The maximum Gasteiger partial charge on any atom is 0.203 e. The van der Waals surface area contributed by atoms with Crippen molar-refractivity contribution in [1.29, 1.82) is 0 Å². The number of aryl methyl sites for hydroxylation is 1. The quantitative estimate of drug-likeness (QED) is 0.251. The van der Waals surface area contributed by atoms with Crippen molar-refractivity contribution in [3.05, 3.63) is 92.8 Å². The number of anilines is 1. The second-order valence-corrected chi connectivity index (χ2v) is 14.9. The minimum absolute atomic E-state index is 0.0536. The number of aromatic nitrogens is 1. The SMILES string of the molecule is CC1=CCC[C@@]2(C)[C@@H](CC[C@@]2(O)CN2CCN(c3ccccn3)CC2)c2ccc(cc2C(=O)c2ccc(C)s2)C[C@@H](O)CC1. The molecule has 1 saturated heterocycles. The highest BCUT2D eigenvalue weighted by Gasteiger charge is 2.57. The zero-order valence-corrected chi connectivity index (χ0v) is 27.3. The number of fused-ring (bicyclic) bond motifs is 8. The first kappa shape index (κ1) is 31.2. The molecule has 3 aromatic rings. The van der Waals surface area contributed by atoms with Crippen molar-refractivity contribution in [1.82, 2.24) is 9.88 Å². The number of hydrogen-bond acceptors (Lipinski definition) is 7. The summed E-state index contributed by atoms with van der Waals surface area (Å²) < 4.78 is 0. The van der Waals surface area contributed by atoms with Gasteiger partial charge in [-0.3, -0.25) is 9.69 Å². The molecule has 2 aromatic heterocycles. The summed E-state index contributed by atoms with van der Waals surface area (Å²) >= 11 is 1.54. The number of pyridine rings is 1. The van der Waals surface area contributed by atoms with E-state index in [2.05, 4.69) is 52.9 Å². The number of piperazine rings is 1. The van der Waals surface area contributed by atoms with Crippen LogP contribution in [0.25, 0.3) is 0 Å². The number of benzene rings is 1. The summed E-state index contributed by atoms with van der Waals surface area (Å²) in [6, 6.07) is 16.3. The molecule has 4 aliphatic rings. The molecule has 2 bridgehead atoms. The second kappa shape index (κ2) is 12.9. The Balaban J connectivity index is 1.33. The zero-order valence-electron chi connectivity index (χ0n) is 26.5. The van der Waals surface area contributed by atoms with Crippen LogP contribution in [0.5, 0.6) is 0 Å². The molecule has 3 heterocycles. The molecule has 1 aromatic carbocycles. The number of thiophene rings is 1. The summed E-state index contributed by atoms with van der Waals surface area (Å²) in [5, 5.41) is 23.5. The molecule has 2 N–H and O–H groups in total. The fraction of sp³-hybridized carbons (Fsp3) is 0.514. The fourth-order valence-electron chi connectivity index (χ4n) is 7.93. The Morgan fingerprint density at radius 3 is 2.59 bits per heavy atom. The second-order valence-electron chi connectivity index (χ2n) is 13.6. The lowest BCUT2D eigenvalue weighted by Crippen LogP contribution is -2.56. The fourth-order valence-corrected chi connectivity index (χ4v) is 8.75. The number of aliphatic hydroxyl groups excluding tert-OH is 1. The molecule has 0 spiro atoms. The van der Waals surface area contributed by atoms with E-state index in [-0.39, 0.29) is 11.7 Å². The molecular weight excluding hydrogens is 566 g/mol. The van der Waals surface area contributed by atoms with Crippen LogP contribution in [0.1, 0.15) is 89.5 Å². The molecule has 4 atom stereocenters. The van der Waals surface area contributed by atoms with Crippen molar-refractivity contribution in [3.8, 4) is 0 Å². The van der Waals surface area contributed by atoms with Gasteiger partial charge in [0, 0.05) is 54.8 Å². The molecule has 0 amide bonds. The Labute approximate surface area is 266 Å². The van der Waals surface area contributed by atoms with Gasteiger partial charge in [0.25, 0.3) is 0 Å². The highest BCUT2D eigenvalue weighted by atomic mass is 32.1. The van der Waals surface area contributed by atoms with Gasteiger partial charge < -0.3 is 15.1 Å². The highest BCUT2D eigenvalue weighted by molar-refractivity contribution is 7.14. The Bertz CT molecular complexity index is 1490. The number of β-amino-alcohol motifs (C(OH)–C–C–N with tert-alkyl or cyclic N) is 1. The average Bonchev–Trinajstić information content (AvgIpc) is 3.56. The van der Waals surface area contributed by atoms with Gasteiger partial charge in [0.05, 0.1) is 16.6 Å². The van der Waals surface area contributed by atoms with E-state index in [0.717, 1.165) is 84.1 Å². The van der Waals surface area contributed by atoms with Crippen molar-refractivity contribution in [2.24, 2.45) is 5.41 Å². The number of rotatable bonds is 5. The summed E-state index contributed by atoms with van der Waals surface area (Å²) in [7, 11) is 0. The van der Waals surface area contributed by atoms with Gasteiger partial charge in [-0.25, -0.2) is 4.98 Å². The molecule has 0 radical (unpaired) electrons. The van der Waals surface area contributed by atoms with Crippen LogP contribution in [0, 0.1) is 12.3 Å². The first-order chi connectivity index (χ1) is 21.1. The summed E-state index contributed by atoms with van der Waals surface area (Å²) in [5.41, 5.74) is 2.80. The van der Waals surface area contributed by atoms with Crippen molar-refractivity contribution in [2.45, 2.75) is 83.3 Å². The van der Waals surface area contributed by atoms with Crippen LogP contribution >= 0.6 is 11.3 Å². The molecule has 6 nitrogen and oxygen atoms in total. The normalized spacial score (nSPS) is 28.4. The summed E-state index contributed by atoms with van der Waals surface area (Å²) in [6.07, 6.45) is 9.07. The van der Waals surface area contributed by atoms with Crippen LogP contribution in [0.2, 0.25) is 0 Å². The molecule has 0 unspecified atom stereocenters. The maximum atomic E-state index is 14.1. The van der Waals surface area contributed by atoms with Crippen molar-refractivity contribution >= 4 is 22.9 Å². The number of nitrogens with zero attached hydrogens (tertiary/aromatic N) is 3. The number of aliphatic hydroxyl groups is 2. The summed E-state index contributed by atoms with van der Waals surface area (Å²) in [5.74, 6) is 1.12. The van der Waals surface area contributed by atoms with Crippen LogP contribution in [0.3, 0.4) is 0 Å². The Hall–Kier alpha value is -2.84. The van der Waals surface area contributed by atoms with Gasteiger partial charge in [0.15, 0.2) is 0 Å². The number of hydrogen-bond donors (Lipinski definition) is 2. The van der Waals surface area contributed by atoms with Crippen LogP contribution in [0.15, 0.2) is 66.4 Å². The molecule has 1 saturated carbocycles. The van der Waals surface area contributed by atoms with E-state index in [1.54, 1.807) is 0 Å². The molecule has 1 aliphatic heterocycles. The van der Waals surface area contributed by atoms with E-state index in [4.69, 9.17) is 0 Å². The molecule has 7 rings (SSSR count). The lowest BCUT2D eigenvalue weighted by molar-refractivity contribution is -0.0841. The lowest BCUT2D eigenvalue weighted by Gasteiger charge is -2.47. The standard InChI is InChI=1S/C37H47N3O3S/c1-26-7-6-16-36(3)32(15-17-37(36,43)25-39-19-21-40(22-20-39)34-8-4-5-18-38-34)30-13-11-28(23-29(41)12-9-26)24-31(30)35(42)33-14-10-27(2)44-33/h4-5,7-8,10-11,13-14,18,24,29,32,41,43H,6,9,12,15-17,19-23,25H2,1-3H3/t29-,32-,36-,37+/m0/s1. The third-order valence-corrected chi connectivity index (χ3v) is 11.7. The largest absolute Gasteiger partial charge is 0.393 e. The van der Waals surface area contributed by atoms with E-state index < -0.39 is 17.1 Å². The van der Waals surface area contributed by atoms with E-state index in [1.165, 1.54) is 16.9 Å². The van der Waals surface area contributed by atoms with E-state index in [1.807, 2.05) is 43.5 Å². The summed E-state index contributed by atoms with van der Waals surface area (Å²) in [4.78, 5) is 25.3. The first-order valence-electron chi connectivity index (χ1n) is 16.3. The number of allylic oxidation sites excluding steroid dienone is 2. The van der Waals surface area contributed by atoms with Crippen LogP contribution in [-0.4, -0.2) is 70.3 Å². The minimum Gasteiger partial charge on any atom is -0.393 e. The topological polar surface area (TPSA) is 76.9 Å². The van der Waals surface area contributed by atoms with Gasteiger partial charge in [-0.05, 0) is 106 Å². The van der Waals surface area contributed by atoms with Crippen LogP contribution in [-0.2, 0) is 6.42 Å². The van der Waals surface area contributed by atoms with E-state index >= 15 is 0 Å². The molecule has 2 fully saturated rings. The van der Waals surface area contributed by atoms with Gasteiger partial charge in [-0.2, -0.15) is 0 Å². The van der Waals surface area contributed by atoms with E-state index in [0.29, 0.717) is 25.8 Å². The van der Waals surface area contributed by atoms with Crippen molar-refractivity contribution in [3.63, 3.8) is 0 Å². The molecule has 234 valence electrons. The molecule has 44 heavy (non-hydrogen) atoms. The predicted octanol–water partition coefficient (Wildman–Crippen LogP) is 6.54. The molecular formula is C37H47N3O3S. The zero-order chi connectivity index (χ0) is 30.9. The third-order valence-electron chi connectivity index (χ3n) is 10.7. The number of ketones is 1. The first-order valence-corrected chi connectivity index (χ1v) is 17.2. The van der Waals surface area contributed by atoms with Crippen molar-refractivity contribution in [2.75, 3.05) is 37.6 Å². The predicted molar refractivity (Wildman–Crippen MR) is 179 cm³/mol. The summed E-state index contributed by atoms with van der Waals surface area (Å²) in [6.45, 7) is 10.7. The Kier molecular flexibility index (Phi) is 9.12. The van der Waals surface area contributed by atoms with Gasteiger partial charge in [0.2, 0.25) is 5.78 Å². The molecule has 3 aliphatic carbocycles. The van der Waals surface area contributed by atoms with Gasteiger partial charge in [-0.15, -0.1) is 11.3 Å². The van der Waals surface area contributed by atoms with Gasteiger partial charge in [-0.1, -0.05) is 36.8 Å². The smallest absolute Gasteiger partial charge is 0.203 e. The molecule has 7 heteroatoms. The van der Waals surface area contributed by atoms with Crippen molar-refractivity contribution < 1.29 is 15.0 Å². The maximum absolute atomic E-state index is 14.1. The Morgan fingerprint density at radius 2 is 1.86 bits per heavy atom. The minimum atomic E-state index is -0.877. The highest BCUT2D eigenvalue weighted by Crippen LogP contribution is 2.59. The van der Waals surface area contributed by atoms with Gasteiger partial charge >= 0.3 is 0 Å². The monoisotopic (exact) mass is 613 g/mol.